The first kappa shape index (κ1) is 18.8. The van der Waals surface area contributed by atoms with Crippen molar-refractivity contribution in [3.8, 4) is 0 Å². The van der Waals surface area contributed by atoms with Gasteiger partial charge in [-0.2, -0.15) is 0 Å². The van der Waals surface area contributed by atoms with Gasteiger partial charge in [-0.05, 0) is 35.6 Å². The lowest BCUT2D eigenvalue weighted by Crippen LogP contribution is -2.33. The average molecular weight is 418 g/mol. The Morgan fingerprint density at radius 3 is 2.41 bits per heavy atom. The summed E-state index contributed by atoms with van der Waals surface area (Å²) in [7, 11) is 0. The van der Waals surface area contributed by atoms with E-state index in [4.69, 9.17) is 4.98 Å². The van der Waals surface area contributed by atoms with E-state index in [-0.39, 0.29) is 17.7 Å². The first-order chi connectivity index (χ1) is 15.8. The number of Topliss-reactive ketones (excluding diaryl/α,β-unsaturated/α-hetero) is 1. The van der Waals surface area contributed by atoms with Crippen molar-refractivity contribution in [2.24, 2.45) is 5.92 Å². The molecule has 2 atom stereocenters. The second-order valence-corrected chi connectivity index (χ2v) is 8.49. The van der Waals surface area contributed by atoms with Crippen LogP contribution in [0.4, 0.5) is 5.95 Å². The van der Waals surface area contributed by atoms with E-state index in [9.17, 15) is 4.79 Å². The summed E-state index contributed by atoms with van der Waals surface area (Å²) in [4.78, 5) is 18.4. The van der Waals surface area contributed by atoms with Gasteiger partial charge < -0.3 is 5.32 Å². The van der Waals surface area contributed by atoms with Crippen molar-refractivity contribution < 1.29 is 4.79 Å². The van der Waals surface area contributed by atoms with E-state index in [0.29, 0.717) is 6.42 Å². The van der Waals surface area contributed by atoms with Gasteiger partial charge in [0.15, 0.2) is 5.78 Å². The second-order valence-electron chi connectivity index (χ2n) is 8.49. The van der Waals surface area contributed by atoms with Crippen LogP contribution in [0.25, 0.3) is 17.1 Å². The molecular weight excluding hydrogens is 394 g/mol. The van der Waals surface area contributed by atoms with Crippen LogP contribution in [0.5, 0.6) is 0 Å². The highest BCUT2D eigenvalue weighted by Gasteiger charge is 2.38. The molecule has 1 aliphatic carbocycles. The van der Waals surface area contributed by atoms with Crippen molar-refractivity contribution in [3.63, 3.8) is 0 Å². The van der Waals surface area contributed by atoms with Gasteiger partial charge in [0.05, 0.1) is 17.1 Å². The minimum Gasteiger partial charge on any atom is -0.329 e. The number of anilines is 1. The predicted molar refractivity (Wildman–Crippen MR) is 128 cm³/mol. The van der Waals surface area contributed by atoms with Crippen LogP contribution < -0.4 is 5.32 Å². The fraction of sp³-hybridized carbons (Fsp3) is 0.143. The predicted octanol–water partition coefficient (Wildman–Crippen LogP) is 6.00. The highest BCUT2D eigenvalue weighted by molar-refractivity contribution is 6.00. The monoisotopic (exact) mass is 417 g/mol. The fourth-order valence-corrected chi connectivity index (χ4v) is 4.95. The van der Waals surface area contributed by atoms with Crippen LogP contribution in [-0.2, 0) is 4.79 Å². The highest BCUT2D eigenvalue weighted by atomic mass is 16.1. The lowest BCUT2D eigenvalue weighted by Gasteiger charge is -2.35. The van der Waals surface area contributed by atoms with Crippen molar-refractivity contribution >= 4 is 28.8 Å². The zero-order chi connectivity index (χ0) is 21.5. The van der Waals surface area contributed by atoms with Gasteiger partial charge in [-0.25, -0.2) is 4.98 Å². The number of carbonyl (C=O) groups excluding carboxylic acids is 1. The maximum absolute atomic E-state index is 13.5. The Kier molecular flexibility index (Phi) is 4.50. The molecule has 0 bridgehead atoms. The molecule has 32 heavy (non-hydrogen) atoms. The maximum Gasteiger partial charge on any atom is 0.209 e. The number of nitrogens with zero attached hydrogens (tertiary/aromatic N) is 2. The Morgan fingerprint density at radius 2 is 1.59 bits per heavy atom. The number of carbonyl (C=O) groups is 1. The van der Waals surface area contributed by atoms with Gasteiger partial charge in [0.25, 0.3) is 0 Å². The van der Waals surface area contributed by atoms with Crippen LogP contribution in [0, 0.1) is 5.92 Å². The number of aromatic nitrogens is 2. The molecule has 156 valence electrons. The van der Waals surface area contributed by atoms with Crippen LogP contribution in [0.3, 0.4) is 0 Å². The molecule has 6 rings (SSSR count). The summed E-state index contributed by atoms with van der Waals surface area (Å²) in [6, 6.07) is 28.5. The molecule has 4 nitrogen and oxygen atoms in total. The Hall–Kier alpha value is -3.92. The molecule has 3 aromatic carbocycles. The fourth-order valence-electron chi connectivity index (χ4n) is 4.95. The van der Waals surface area contributed by atoms with Crippen LogP contribution in [-0.4, -0.2) is 15.3 Å². The van der Waals surface area contributed by atoms with Gasteiger partial charge >= 0.3 is 0 Å². The molecule has 2 unspecified atom stereocenters. The minimum absolute atomic E-state index is 0.165. The summed E-state index contributed by atoms with van der Waals surface area (Å²) in [6.45, 7) is 0. The number of hydrogen-bond acceptors (Lipinski definition) is 3. The summed E-state index contributed by atoms with van der Waals surface area (Å²) in [5, 5.41) is 3.52. The third-order valence-corrected chi connectivity index (χ3v) is 6.41. The Balaban J connectivity index is 1.44. The van der Waals surface area contributed by atoms with Crippen LogP contribution >= 0.6 is 0 Å². The zero-order valence-corrected chi connectivity index (χ0v) is 17.6. The highest BCUT2D eigenvalue weighted by Crippen LogP contribution is 2.44. The van der Waals surface area contributed by atoms with E-state index < -0.39 is 0 Å². The number of imidazole rings is 1. The largest absolute Gasteiger partial charge is 0.329 e. The summed E-state index contributed by atoms with van der Waals surface area (Å²) in [5.41, 5.74) is 6.10. The first-order valence-electron chi connectivity index (χ1n) is 11.1. The number of nitrogens with one attached hydrogen (secondary N) is 1. The van der Waals surface area contributed by atoms with Crippen LogP contribution in [0.1, 0.15) is 30.0 Å². The topological polar surface area (TPSA) is 46.9 Å². The number of allylic oxidation sites excluding steroid dienone is 3. The smallest absolute Gasteiger partial charge is 0.209 e. The number of ketones is 1. The Bertz CT molecular complexity index is 1370. The molecular formula is C28H23N3O. The van der Waals surface area contributed by atoms with Gasteiger partial charge in [-0.3, -0.25) is 9.36 Å². The van der Waals surface area contributed by atoms with Crippen molar-refractivity contribution in [2.45, 2.75) is 18.9 Å². The summed E-state index contributed by atoms with van der Waals surface area (Å²) in [6.07, 6.45) is 5.62. The van der Waals surface area contributed by atoms with Crippen molar-refractivity contribution in [2.75, 3.05) is 5.32 Å². The molecule has 1 aromatic heterocycles. The average Bonchev–Trinajstić information content (AvgIpc) is 3.20. The van der Waals surface area contributed by atoms with Gasteiger partial charge in [-0.15, -0.1) is 0 Å². The third-order valence-electron chi connectivity index (χ3n) is 6.41. The Morgan fingerprint density at radius 1 is 0.875 bits per heavy atom. The van der Waals surface area contributed by atoms with Crippen molar-refractivity contribution in [3.05, 3.63) is 113 Å². The molecule has 0 spiro atoms. The van der Waals surface area contributed by atoms with E-state index in [1.807, 2.05) is 54.6 Å². The molecule has 2 aliphatic rings. The minimum atomic E-state index is -0.165. The third kappa shape index (κ3) is 3.16. The number of benzene rings is 3. The Labute approximate surface area is 186 Å². The molecule has 0 saturated carbocycles. The molecule has 0 fully saturated rings. The molecule has 0 saturated heterocycles. The van der Waals surface area contributed by atoms with E-state index in [1.54, 1.807) is 0 Å². The molecule has 0 amide bonds. The van der Waals surface area contributed by atoms with E-state index in [0.717, 1.165) is 45.8 Å². The number of para-hydroxylation sites is 2. The van der Waals surface area contributed by atoms with Gasteiger partial charge in [0.1, 0.15) is 0 Å². The second kappa shape index (κ2) is 7.65. The summed E-state index contributed by atoms with van der Waals surface area (Å²) < 4.78 is 2.18. The number of rotatable bonds is 3. The normalized spacial score (nSPS) is 20.3. The molecule has 4 heteroatoms. The van der Waals surface area contributed by atoms with Crippen LogP contribution in [0.2, 0.25) is 0 Å². The zero-order valence-electron chi connectivity index (χ0n) is 17.6. The van der Waals surface area contributed by atoms with Crippen LogP contribution in [0.15, 0.2) is 102 Å². The lowest BCUT2D eigenvalue weighted by atomic mass is 9.80. The standard InChI is InChI=1S/C28H23N3O/c32-25-18-20(16-15-19-9-3-1-4-10-19)17-23-26(25)27(21-11-5-2-6-12-21)31-24-14-8-7-13-22(24)29-28(31)30-23/h1-16,20,27H,17-18H2,(H,29,30)/b16-15+. The lowest BCUT2D eigenvalue weighted by molar-refractivity contribution is -0.117. The maximum atomic E-state index is 13.5. The summed E-state index contributed by atoms with van der Waals surface area (Å²) in [5.74, 6) is 1.18. The van der Waals surface area contributed by atoms with E-state index in [1.165, 1.54) is 0 Å². The first-order valence-corrected chi connectivity index (χ1v) is 11.1. The molecule has 1 aliphatic heterocycles. The SMILES string of the molecule is O=C1CC(/C=C/c2ccccc2)CC2=C1C(c1ccccc1)n1c(nc3ccccc31)N2. The van der Waals surface area contributed by atoms with Gasteiger partial charge in [0, 0.05) is 17.7 Å². The molecule has 2 heterocycles. The molecule has 4 aromatic rings. The number of fused-ring (bicyclic) bond motifs is 3. The van der Waals surface area contributed by atoms with E-state index in [2.05, 4.69) is 52.4 Å². The van der Waals surface area contributed by atoms with E-state index >= 15 is 0 Å². The molecule has 0 radical (unpaired) electrons. The quantitative estimate of drug-likeness (QED) is 0.445. The van der Waals surface area contributed by atoms with Crippen molar-refractivity contribution in [1.82, 2.24) is 9.55 Å². The van der Waals surface area contributed by atoms with Gasteiger partial charge in [0.2, 0.25) is 5.95 Å². The van der Waals surface area contributed by atoms with Gasteiger partial charge in [-0.1, -0.05) is 84.9 Å². The summed E-state index contributed by atoms with van der Waals surface area (Å²) >= 11 is 0. The number of hydrogen-bond donors (Lipinski definition) is 1. The van der Waals surface area contributed by atoms with Crippen molar-refractivity contribution in [1.29, 1.82) is 0 Å². The molecule has 1 N–H and O–H groups in total.